The number of pyridine rings is 1. The number of hydrogen-bond acceptors (Lipinski definition) is 3. The summed E-state index contributed by atoms with van der Waals surface area (Å²) in [6.45, 7) is 0. The monoisotopic (exact) mass is 329 g/mol. The van der Waals surface area contributed by atoms with Crippen molar-refractivity contribution in [3.8, 4) is 27.4 Å². The van der Waals surface area contributed by atoms with E-state index in [0.717, 1.165) is 23.4 Å². The summed E-state index contributed by atoms with van der Waals surface area (Å²) in [5.41, 5.74) is 7.39. The predicted octanol–water partition coefficient (Wildman–Crippen LogP) is 5.54. The Morgan fingerprint density at radius 2 is 1.92 bits per heavy atom. The normalized spacial score (nSPS) is 12.2. The maximum absolute atomic E-state index is 5.59. The van der Waals surface area contributed by atoms with Gasteiger partial charge in [-0.05, 0) is 39.8 Å². The van der Waals surface area contributed by atoms with Crippen molar-refractivity contribution < 1.29 is 4.74 Å². The Bertz CT molecular complexity index is 1070. The molecule has 2 heterocycles. The first kappa shape index (κ1) is 13.8. The molecule has 0 aliphatic heterocycles. The van der Waals surface area contributed by atoms with Crippen LogP contribution in [0.3, 0.4) is 0 Å². The number of thiophene rings is 1. The van der Waals surface area contributed by atoms with Crippen LogP contribution in [0.1, 0.15) is 11.1 Å². The minimum Gasteiger partial charge on any atom is -0.494 e. The fraction of sp³-hybridized carbons (Fsp3) is 0.0952. The molecule has 0 amide bonds. The number of nitrogens with zero attached hydrogens (tertiary/aromatic N) is 1. The van der Waals surface area contributed by atoms with Crippen LogP contribution in [0.4, 0.5) is 0 Å². The Morgan fingerprint density at radius 1 is 1.00 bits per heavy atom. The Hall–Kier alpha value is -2.65. The van der Waals surface area contributed by atoms with Gasteiger partial charge in [-0.2, -0.15) is 0 Å². The van der Waals surface area contributed by atoms with Gasteiger partial charge in [0.15, 0.2) is 0 Å². The number of para-hydroxylation sites is 1. The van der Waals surface area contributed by atoms with Crippen LogP contribution in [0.2, 0.25) is 0 Å². The molecule has 116 valence electrons. The molecule has 0 atom stereocenters. The van der Waals surface area contributed by atoms with E-state index in [4.69, 9.17) is 9.72 Å². The maximum Gasteiger partial charge on any atom is 0.145 e. The quantitative estimate of drug-likeness (QED) is 0.424. The van der Waals surface area contributed by atoms with Crippen LogP contribution in [0.25, 0.3) is 32.6 Å². The molecule has 2 aromatic heterocycles. The zero-order chi connectivity index (χ0) is 16.1. The van der Waals surface area contributed by atoms with Gasteiger partial charge in [-0.15, -0.1) is 11.3 Å². The lowest BCUT2D eigenvalue weighted by atomic mass is 9.98. The Balaban J connectivity index is 1.95. The van der Waals surface area contributed by atoms with Crippen LogP contribution in [-0.4, -0.2) is 12.1 Å². The van der Waals surface area contributed by atoms with Crippen molar-refractivity contribution >= 4 is 22.2 Å². The highest BCUT2D eigenvalue weighted by molar-refractivity contribution is 7.13. The third kappa shape index (κ3) is 1.85. The van der Waals surface area contributed by atoms with E-state index in [1.807, 2.05) is 6.07 Å². The highest BCUT2D eigenvalue weighted by atomic mass is 32.1. The summed E-state index contributed by atoms with van der Waals surface area (Å²) in [7, 11) is 1.71. The van der Waals surface area contributed by atoms with Gasteiger partial charge >= 0.3 is 0 Å². The van der Waals surface area contributed by atoms with Crippen LogP contribution in [0.5, 0.6) is 5.75 Å². The zero-order valence-corrected chi connectivity index (χ0v) is 14.1. The highest BCUT2D eigenvalue weighted by Gasteiger charge is 2.26. The predicted molar refractivity (Wildman–Crippen MR) is 99.9 cm³/mol. The van der Waals surface area contributed by atoms with E-state index < -0.39 is 0 Å². The van der Waals surface area contributed by atoms with Crippen LogP contribution in [0, 0.1) is 0 Å². The van der Waals surface area contributed by atoms with E-state index in [2.05, 4.69) is 53.9 Å². The largest absolute Gasteiger partial charge is 0.494 e. The Kier molecular flexibility index (Phi) is 2.97. The summed E-state index contributed by atoms with van der Waals surface area (Å²) in [4.78, 5) is 6.24. The SMILES string of the molecule is COc1cccc2c3c(c(-c4cccs4)nc12)Cc1ccccc1-3. The summed E-state index contributed by atoms with van der Waals surface area (Å²) >= 11 is 1.74. The number of aromatic nitrogens is 1. The topological polar surface area (TPSA) is 22.1 Å². The third-order valence-electron chi connectivity index (χ3n) is 4.71. The van der Waals surface area contributed by atoms with E-state index in [9.17, 15) is 0 Å². The molecule has 0 radical (unpaired) electrons. The lowest BCUT2D eigenvalue weighted by molar-refractivity contribution is 0.419. The van der Waals surface area contributed by atoms with Crippen molar-refractivity contribution in [2.24, 2.45) is 0 Å². The van der Waals surface area contributed by atoms with E-state index in [1.54, 1.807) is 18.4 Å². The van der Waals surface area contributed by atoms with Gasteiger partial charge < -0.3 is 4.74 Å². The molecule has 5 rings (SSSR count). The lowest BCUT2D eigenvalue weighted by Gasteiger charge is -2.13. The molecule has 2 aromatic carbocycles. The molecule has 0 saturated heterocycles. The first-order valence-corrected chi connectivity index (χ1v) is 8.86. The summed E-state index contributed by atoms with van der Waals surface area (Å²) in [5, 5.41) is 3.28. The summed E-state index contributed by atoms with van der Waals surface area (Å²) < 4.78 is 5.59. The fourth-order valence-corrected chi connectivity index (χ4v) is 4.41. The molecule has 0 saturated carbocycles. The molecule has 0 N–H and O–H groups in total. The number of benzene rings is 2. The minimum absolute atomic E-state index is 0.831. The number of fused-ring (bicyclic) bond motifs is 5. The molecule has 0 spiro atoms. The van der Waals surface area contributed by atoms with Crippen molar-refractivity contribution in [1.29, 1.82) is 0 Å². The standard InChI is InChI=1S/C21H15NOS/c1-23-17-9-4-8-15-19-14-7-3-2-6-13(14)12-16(19)21(22-20(15)17)18-10-5-11-24-18/h2-11H,12H2,1H3. The van der Waals surface area contributed by atoms with E-state index in [-0.39, 0.29) is 0 Å². The summed E-state index contributed by atoms with van der Waals surface area (Å²) in [6, 6.07) is 19.1. The summed E-state index contributed by atoms with van der Waals surface area (Å²) in [5.74, 6) is 0.831. The van der Waals surface area contributed by atoms with Crippen LogP contribution < -0.4 is 4.74 Å². The van der Waals surface area contributed by atoms with Crippen molar-refractivity contribution in [3.05, 3.63) is 71.1 Å². The molecule has 2 nitrogen and oxygen atoms in total. The molecule has 4 aromatic rings. The molecule has 3 heteroatoms. The smallest absolute Gasteiger partial charge is 0.145 e. The second-order valence-corrected chi connectivity index (χ2v) is 6.93. The second-order valence-electron chi connectivity index (χ2n) is 5.98. The molecule has 1 aliphatic rings. The van der Waals surface area contributed by atoms with Gasteiger partial charge in [0, 0.05) is 11.8 Å². The first-order valence-electron chi connectivity index (χ1n) is 7.98. The Morgan fingerprint density at radius 3 is 2.75 bits per heavy atom. The van der Waals surface area contributed by atoms with Crippen LogP contribution in [-0.2, 0) is 6.42 Å². The van der Waals surface area contributed by atoms with Gasteiger partial charge in [0.25, 0.3) is 0 Å². The van der Waals surface area contributed by atoms with E-state index in [0.29, 0.717) is 0 Å². The average molecular weight is 329 g/mol. The van der Waals surface area contributed by atoms with Crippen molar-refractivity contribution in [2.75, 3.05) is 7.11 Å². The minimum atomic E-state index is 0.831. The molecule has 0 fully saturated rings. The average Bonchev–Trinajstić information content (AvgIpc) is 3.28. The van der Waals surface area contributed by atoms with Gasteiger partial charge in [0.05, 0.1) is 17.7 Å². The molecular formula is C21H15NOS. The number of hydrogen-bond donors (Lipinski definition) is 0. The number of methoxy groups -OCH3 is 1. The second kappa shape index (κ2) is 5.18. The summed E-state index contributed by atoms with van der Waals surface area (Å²) in [6.07, 6.45) is 0.943. The van der Waals surface area contributed by atoms with Gasteiger partial charge in [-0.1, -0.05) is 42.5 Å². The lowest BCUT2D eigenvalue weighted by Crippen LogP contribution is -1.95. The molecule has 24 heavy (non-hydrogen) atoms. The van der Waals surface area contributed by atoms with Crippen LogP contribution in [0.15, 0.2) is 60.0 Å². The van der Waals surface area contributed by atoms with Gasteiger partial charge in [0.1, 0.15) is 11.3 Å². The molecule has 0 bridgehead atoms. The van der Waals surface area contributed by atoms with E-state index in [1.165, 1.54) is 32.5 Å². The Labute approximate surface area is 144 Å². The molecular weight excluding hydrogens is 314 g/mol. The number of rotatable bonds is 2. The molecule has 0 unspecified atom stereocenters. The van der Waals surface area contributed by atoms with Crippen LogP contribution >= 0.6 is 11.3 Å². The molecule has 1 aliphatic carbocycles. The van der Waals surface area contributed by atoms with Gasteiger partial charge in [0.2, 0.25) is 0 Å². The van der Waals surface area contributed by atoms with Crippen molar-refractivity contribution in [1.82, 2.24) is 4.98 Å². The van der Waals surface area contributed by atoms with Crippen molar-refractivity contribution in [2.45, 2.75) is 6.42 Å². The maximum atomic E-state index is 5.59. The number of ether oxygens (including phenoxy) is 1. The van der Waals surface area contributed by atoms with Gasteiger partial charge in [-0.3, -0.25) is 0 Å². The van der Waals surface area contributed by atoms with Gasteiger partial charge in [-0.25, -0.2) is 4.98 Å². The fourth-order valence-electron chi connectivity index (χ4n) is 3.67. The first-order chi connectivity index (χ1) is 11.9. The zero-order valence-electron chi connectivity index (χ0n) is 13.2. The third-order valence-corrected chi connectivity index (χ3v) is 5.58. The van der Waals surface area contributed by atoms with E-state index >= 15 is 0 Å². The highest BCUT2D eigenvalue weighted by Crippen LogP contribution is 2.46. The van der Waals surface area contributed by atoms with Crippen molar-refractivity contribution in [3.63, 3.8) is 0 Å².